The van der Waals surface area contributed by atoms with Crippen molar-refractivity contribution in [3.05, 3.63) is 29.0 Å². The zero-order valence-electron chi connectivity index (χ0n) is 7.79. The Kier molecular flexibility index (Phi) is 3.62. The number of rotatable bonds is 3. The van der Waals surface area contributed by atoms with E-state index in [4.69, 9.17) is 16.7 Å². The summed E-state index contributed by atoms with van der Waals surface area (Å²) in [4.78, 5) is 10.4. The maximum absolute atomic E-state index is 12.9. The van der Waals surface area contributed by atoms with Gasteiger partial charge < -0.3 is 5.11 Å². The van der Waals surface area contributed by atoms with Crippen molar-refractivity contribution in [2.24, 2.45) is 5.10 Å². The number of hydrogen-bond acceptors (Lipinski definition) is 3. The number of carboxylic acids is 1. The van der Waals surface area contributed by atoms with E-state index in [0.29, 0.717) is 5.69 Å². The van der Waals surface area contributed by atoms with Gasteiger partial charge >= 0.3 is 5.97 Å². The molecule has 1 aromatic carbocycles. The monoisotopic (exact) mass is 230 g/mol. The van der Waals surface area contributed by atoms with Crippen molar-refractivity contribution in [2.45, 2.75) is 6.92 Å². The lowest BCUT2D eigenvalue weighted by atomic mass is 10.3. The summed E-state index contributed by atoms with van der Waals surface area (Å²) in [5.41, 5.74) is 2.61. The molecule has 0 aliphatic rings. The van der Waals surface area contributed by atoms with Gasteiger partial charge in [0, 0.05) is 6.07 Å². The lowest BCUT2D eigenvalue weighted by molar-refractivity contribution is -0.129. The molecule has 6 heteroatoms. The summed E-state index contributed by atoms with van der Waals surface area (Å²) in [7, 11) is 0. The van der Waals surface area contributed by atoms with Crippen LogP contribution in [0.2, 0.25) is 5.02 Å². The van der Waals surface area contributed by atoms with Gasteiger partial charge in [-0.2, -0.15) is 5.10 Å². The van der Waals surface area contributed by atoms with Crippen LogP contribution in [0.4, 0.5) is 10.1 Å². The minimum absolute atomic E-state index is 0.000476. The predicted octanol–water partition coefficient (Wildman–Crippen LogP) is 2.35. The number of halogens is 2. The second-order valence-corrected chi connectivity index (χ2v) is 3.15. The normalized spacial score (nSPS) is 11.3. The number of hydrazone groups is 1. The Labute approximate surface area is 90.4 Å². The van der Waals surface area contributed by atoms with Crippen molar-refractivity contribution in [3.8, 4) is 0 Å². The molecule has 0 atom stereocenters. The highest BCUT2D eigenvalue weighted by molar-refractivity contribution is 6.34. The van der Waals surface area contributed by atoms with Crippen LogP contribution in [0.25, 0.3) is 0 Å². The number of hydrogen-bond donors (Lipinski definition) is 2. The quantitative estimate of drug-likeness (QED) is 0.619. The van der Waals surface area contributed by atoms with Gasteiger partial charge in [-0.1, -0.05) is 11.6 Å². The Morgan fingerprint density at radius 2 is 2.27 bits per heavy atom. The minimum Gasteiger partial charge on any atom is -0.477 e. The molecule has 0 unspecified atom stereocenters. The molecule has 1 rings (SSSR count). The van der Waals surface area contributed by atoms with Crippen molar-refractivity contribution in [1.29, 1.82) is 0 Å². The zero-order valence-corrected chi connectivity index (χ0v) is 8.55. The van der Waals surface area contributed by atoms with Gasteiger partial charge in [-0.25, -0.2) is 9.18 Å². The number of nitrogens with one attached hydrogen (secondary N) is 1. The Morgan fingerprint density at radius 1 is 1.60 bits per heavy atom. The highest BCUT2D eigenvalue weighted by atomic mass is 35.5. The van der Waals surface area contributed by atoms with E-state index in [1.165, 1.54) is 19.1 Å². The molecule has 0 radical (unpaired) electrons. The number of anilines is 1. The van der Waals surface area contributed by atoms with Crippen molar-refractivity contribution < 1.29 is 14.3 Å². The second kappa shape index (κ2) is 4.75. The smallest absolute Gasteiger partial charge is 0.351 e. The number of carboxylic acid groups (broad SMARTS) is 1. The summed E-state index contributed by atoms with van der Waals surface area (Å²) < 4.78 is 12.9. The molecule has 0 aliphatic carbocycles. The Morgan fingerprint density at radius 3 is 2.80 bits per heavy atom. The zero-order chi connectivity index (χ0) is 11.4. The van der Waals surface area contributed by atoms with Crippen molar-refractivity contribution >= 4 is 29.0 Å². The molecule has 0 aromatic heterocycles. The number of carbonyl (C=O) groups is 1. The van der Waals surface area contributed by atoms with Crippen LogP contribution < -0.4 is 5.43 Å². The van der Waals surface area contributed by atoms with E-state index in [1.54, 1.807) is 0 Å². The van der Waals surface area contributed by atoms with Crippen LogP contribution in [-0.4, -0.2) is 16.8 Å². The van der Waals surface area contributed by atoms with Gasteiger partial charge in [-0.3, -0.25) is 5.43 Å². The molecule has 1 aromatic rings. The predicted molar refractivity (Wildman–Crippen MR) is 55.8 cm³/mol. The third-order valence-electron chi connectivity index (χ3n) is 1.58. The molecule has 0 fully saturated rings. The summed E-state index contributed by atoms with van der Waals surface area (Å²) in [6.45, 7) is 1.32. The van der Waals surface area contributed by atoms with Crippen molar-refractivity contribution in [2.75, 3.05) is 5.43 Å². The molecule has 0 spiro atoms. The summed E-state index contributed by atoms with van der Waals surface area (Å²) in [6.07, 6.45) is 0. The maximum atomic E-state index is 12.9. The molecule has 15 heavy (non-hydrogen) atoms. The second-order valence-electron chi connectivity index (χ2n) is 2.74. The van der Waals surface area contributed by atoms with Crippen molar-refractivity contribution in [3.63, 3.8) is 0 Å². The van der Waals surface area contributed by atoms with E-state index in [2.05, 4.69) is 10.5 Å². The number of nitrogens with zero attached hydrogens (tertiary/aromatic N) is 1. The van der Waals surface area contributed by atoms with Crippen LogP contribution in [0, 0.1) is 5.82 Å². The Hall–Kier alpha value is -1.62. The first-order valence-corrected chi connectivity index (χ1v) is 4.37. The fourth-order valence-electron chi connectivity index (χ4n) is 0.762. The molecule has 4 nitrogen and oxygen atoms in total. The SMILES string of the molecule is C/C(=N\Nc1ccc(Cl)c(F)c1)C(=O)O. The van der Waals surface area contributed by atoms with Crippen LogP contribution in [0.1, 0.15) is 6.92 Å². The first-order valence-electron chi connectivity index (χ1n) is 3.99. The van der Waals surface area contributed by atoms with Crippen LogP contribution in [0.15, 0.2) is 23.3 Å². The molecule has 0 aliphatic heterocycles. The van der Waals surface area contributed by atoms with E-state index < -0.39 is 11.8 Å². The summed E-state index contributed by atoms with van der Waals surface area (Å²) in [6, 6.07) is 3.97. The molecule has 0 bridgehead atoms. The fourth-order valence-corrected chi connectivity index (χ4v) is 0.879. The van der Waals surface area contributed by atoms with Crippen LogP contribution in [-0.2, 0) is 4.79 Å². The standard InChI is InChI=1S/C9H8ClFN2O2/c1-5(9(14)15)12-13-6-2-3-7(10)8(11)4-6/h2-4,13H,1H3,(H,14,15)/b12-5+. The van der Waals surface area contributed by atoms with Gasteiger partial charge in [-0.05, 0) is 19.1 Å². The Balaban J connectivity index is 2.78. The molecule has 2 N–H and O–H groups in total. The van der Waals surface area contributed by atoms with Crippen LogP contribution in [0.3, 0.4) is 0 Å². The third kappa shape index (κ3) is 3.21. The van der Waals surface area contributed by atoms with E-state index in [9.17, 15) is 9.18 Å². The van der Waals surface area contributed by atoms with E-state index in [0.717, 1.165) is 6.07 Å². The van der Waals surface area contributed by atoms with Gasteiger partial charge in [0.05, 0.1) is 10.7 Å². The van der Waals surface area contributed by atoms with Crippen LogP contribution >= 0.6 is 11.6 Å². The highest BCUT2D eigenvalue weighted by Gasteiger charge is 2.02. The number of benzene rings is 1. The van der Waals surface area contributed by atoms with Crippen LogP contribution in [0.5, 0.6) is 0 Å². The first-order chi connectivity index (χ1) is 7.00. The average molecular weight is 231 g/mol. The Bertz CT molecular complexity index is 421. The average Bonchev–Trinajstić information content (AvgIpc) is 2.19. The van der Waals surface area contributed by atoms with Gasteiger partial charge in [0.25, 0.3) is 0 Å². The fraction of sp³-hybridized carbons (Fsp3) is 0.111. The lowest BCUT2D eigenvalue weighted by Crippen LogP contribution is -2.10. The van der Waals surface area contributed by atoms with E-state index in [1.807, 2.05) is 0 Å². The highest BCUT2D eigenvalue weighted by Crippen LogP contribution is 2.18. The molecular formula is C9H8ClFN2O2. The van der Waals surface area contributed by atoms with Gasteiger partial charge in [0.2, 0.25) is 0 Å². The molecular weight excluding hydrogens is 223 g/mol. The van der Waals surface area contributed by atoms with E-state index >= 15 is 0 Å². The summed E-state index contributed by atoms with van der Waals surface area (Å²) in [5.74, 6) is -1.73. The molecule has 0 amide bonds. The maximum Gasteiger partial charge on any atom is 0.351 e. The van der Waals surface area contributed by atoms with Gasteiger partial charge in [0.1, 0.15) is 11.5 Å². The molecule has 0 saturated carbocycles. The summed E-state index contributed by atoms with van der Waals surface area (Å²) in [5, 5.41) is 12.0. The number of aliphatic carboxylic acids is 1. The summed E-state index contributed by atoms with van der Waals surface area (Å²) >= 11 is 5.46. The van der Waals surface area contributed by atoms with Gasteiger partial charge in [-0.15, -0.1) is 0 Å². The topological polar surface area (TPSA) is 61.7 Å². The van der Waals surface area contributed by atoms with E-state index in [-0.39, 0.29) is 10.7 Å². The molecule has 0 saturated heterocycles. The lowest BCUT2D eigenvalue weighted by Gasteiger charge is -2.01. The van der Waals surface area contributed by atoms with Gasteiger partial charge in [0.15, 0.2) is 0 Å². The third-order valence-corrected chi connectivity index (χ3v) is 1.89. The molecule has 80 valence electrons. The minimum atomic E-state index is -1.14. The largest absolute Gasteiger partial charge is 0.477 e. The first kappa shape index (κ1) is 11.5. The van der Waals surface area contributed by atoms with Crippen molar-refractivity contribution in [1.82, 2.24) is 0 Å². The molecule has 0 heterocycles.